The van der Waals surface area contributed by atoms with Crippen molar-refractivity contribution < 1.29 is 9.59 Å². The van der Waals surface area contributed by atoms with Crippen molar-refractivity contribution in [3.05, 3.63) is 54.4 Å². The number of nitrogens with zero attached hydrogens (tertiary/aromatic N) is 3. The number of carbonyl (C=O) groups excluding carboxylic acids is 2. The molecule has 2 amide bonds. The van der Waals surface area contributed by atoms with Crippen LogP contribution in [-0.4, -0.2) is 54.9 Å². The first-order valence-electron chi connectivity index (χ1n) is 10.1. The third-order valence-electron chi connectivity index (χ3n) is 5.79. The van der Waals surface area contributed by atoms with E-state index in [1.165, 1.54) is 0 Å². The monoisotopic (exact) mass is 393 g/mol. The van der Waals surface area contributed by atoms with Crippen LogP contribution >= 0.6 is 0 Å². The highest BCUT2D eigenvalue weighted by Crippen LogP contribution is 2.47. The Morgan fingerprint density at radius 1 is 1.03 bits per heavy atom. The van der Waals surface area contributed by atoms with Crippen LogP contribution in [0.25, 0.3) is 0 Å². The normalized spacial score (nSPS) is 18.2. The average molecular weight is 393 g/mol. The van der Waals surface area contributed by atoms with E-state index in [0.29, 0.717) is 19.4 Å². The quantitative estimate of drug-likeness (QED) is 0.733. The summed E-state index contributed by atoms with van der Waals surface area (Å²) in [5.41, 5.74) is 1.85. The molecule has 1 aromatic heterocycles. The van der Waals surface area contributed by atoms with E-state index in [1.54, 1.807) is 12.4 Å². The molecule has 7 nitrogen and oxygen atoms in total. The number of piperazine rings is 1. The summed E-state index contributed by atoms with van der Waals surface area (Å²) < 4.78 is 0. The second-order valence-electron chi connectivity index (χ2n) is 7.92. The van der Waals surface area contributed by atoms with E-state index in [-0.39, 0.29) is 11.8 Å². The van der Waals surface area contributed by atoms with Gasteiger partial charge in [0.25, 0.3) is 0 Å². The molecule has 0 bridgehead atoms. The lowest BCUT2D eigenvalue weighted by Crippen LogP contribution is -2.44. The minimum absolute atomic E-state index is 0.215. The molecule has 0 spiro atoms. The predicted molar refractivity (Wildman–Crippen MR) is 113 cm³/mol. The van der Waals surface area contributed by atoms with Gasteiger partial charge >= 0.3 is 0 Å². The standard InChI is InChI=1S/C22H27N5O2/c1-26-11-13-27(14-12-26)19-6-4-18(5-7-19)25-21(29)22(8-9-22)20(28)24-16-17-3-2-10-23-15-17/h2-7,10,15H,8-9,11-14,16H2,1H3,(H,24,28)(H,25,29). The summed E-state index contributed by atoms with van der Waals surface area (Å²) in [5.74, 6) is -0.443. The molecule has 2 aliphatic rings. The number of benzene rings is 1. The van der Waals surface area contributed by atoms with E-state index in [1.807, 2.05) is 36.4 Å². The average Bonchev–Trinajstić information content (AvgIpc) is 3.56. The van der Waals surface area contributed by atoms with Crippen LogP contribution < -0.4 is 15.5 Å². The van der Waals surface area contributed by atoms with Crippen LogP contribution in [0.1, 0.15) is 18.4 Å². The first-order chi connectivity index (χ1) is 14.1. The van der Waals surface area contributed by atoms with Gasteiger partial charge in [0, 0.05) is 56.5 Å². The van der Waals surface area contributed by atoms with Crippen LogP contribution in [0.5, 0.6) is 0 Å². The SMILES string of the molecule is CN1CCN(c2ccc(NC(=O)C3(C(=O)NCc4cccnc4)CC3)cc2)CC1. The van der Waals surface area contributed by atoms with Crippen LogP contribution in [0.2, 0.25) is 0 Å². The molecule has 152 valence electrons. The summed E-state index contributed by atoms with van der Waals surface area (Å²) in [7, 11) is 2.14. The fraction of sp³-hybridized carbons (Fsp3) is 0.409. The van der Waals surface area contributed by atoms with Crippen molar-refractivity contribution in [2.24, 2.45) is 5.41 Å². The second-order valence-corrected chi connectivity index (χ2v) is 7.92. The molecule has 1 aliphatic heterocycles. The van der Waals surface area contributed by atoms with E-state index in [9.17, 15) is 9.59 Å². The smallest absolute Gasteiger partial charge is 0.240 e. The molecule has 1 aromatic carbocycles. The Bertz CT molecular complexity index is 857. The molecule has 2 heterocycles. The predicted octanol–water partition coefficient (Wildman–Crippen LogP) is 1.87. The number of aromatic nitrogens is 1. The summed E-state index contributed by atoms with van der Waals surface area (Å²) in [5, 5.41) is 5.80. The first kappa shape index (κ1) is 19.4. The van der Waals surface area contributed by atoms with Gasteiger partial charge in [-0.3, -0.25) is 14.6 Å². The van der Waals surface area contributed by atoms with Crippen LogP contribution in [0, 0.1) is 5.41 Å². The third kappa shape index (κ3) is 4.40. The van der Waals surface area contributed by atoms with Crippen molar-refractivity contribution >= 4 is 23.2 Å². The summed E-state index contributed by atoms with van der Waals surface area (Å²) in [6.45, 7) is 4.48. The highest BCUT2D eigenvalue weighted by atomic mass is 16.2. The van der Waals surface area contributed by atoms with Gasteiger partial charge in [-0.2, -0.15) is 0 Å². The number of hydrogen-bond donors (Lipinski definition) is 2. The Morgan fingerprint density at radius 2 is 1.76 bits per heavy atom. The Morgan fingerprint density at radius 3 is 2.38 bits per heavy atom. The number of anilines is 2. The van der Waals surface area contributed by atoms with Crippen molar-refractivity contribution in [3.63, 3.8) is 0 Å². The van der Waals surface area contributed by atoms with Gasteiger partial charge in [0.05, 0.1) is 0 Å². The van der Waals surface area contributed by atoms with Crippen molar-refractivity contribution in [2.45, 2.75) is 19.4 Å². The number of carbonyl (C=O) groups is 2. The minimum atomic E-state index is -0.946. The molecule has 1 aliphatic carbocycles. The number of amides is 2. The van der Waals surface area contributed by atoms with Crippen molar-refractivity contribution in [1.29, 1.82) is 0 Å². The van der Waals surface area contributed by atoms with Crippen LogP contribution in [0.4, 0.5) is 11.4 Å². The summed E-state index contributed by atoms with van der Waals surface area (Å²) in [4.78, 5) is 34.1. The molecular formula is C22H27N5O2. The third-order valence-corrected chi connectivity index (χ3v) is 5.79. The Balaban J connectivity index is 1.33. The van der Waals surface area contributed by atoms with Crippen LogP contribution in [0.3, 0.4) is 0 Å². The zero-order valence-corrected chi connectivity index (χ0v) is 16.7. The number of pyridine rings is 1. The van der Waals surface area contributed by atoms with E-state index < -0.39 is 5.41 Å². The highest BCUT2D eigenvalue weighted by Gasteiger charge is 2.56. The van der Waals surface area contributed by atoms with Gasteiger partial charge in [-0.1, -0.05) is 6.07 Å². The second kappa shape index (κ2) is 8.21. The molecule has 7 heteroatoms. The maximum Gasteiger partial charge on any atom is 0.240 e. The van der Waals surface area contributed by atoms with Crippen LogP contribution in [-0.2, 0) is 16.1 Å². The minimum Gasteiger partial charge on any atom is -0.369 e. The zero-order chi connectivity index (χ0) is 20.3. The topological polar surface area (TPSA) is 77.6 Å². The zero-order valence-electron chi connectivity index (χ0n) is 16.7. The molecule has 1 saturated heterocycles. The largest absolute Gasteiger partial charge is 0.369 e. The van der Waals surface area contributed by atoms with Crippen molar-refractivity contribution in [3.8, 4) is 0 Å². The van der Waals surface area contributed by atoms with E-state index in [2.05, 4.69) is 32.5 Å². The molecule has 0 radical (unpaired) electrons. The summed E-state index contributed by atoms with van der Waals surface area (Å²) in [6.07, 6.45) is 4.56. The van der Waals surface area contributed by atoms with Gasteiger partial charge in [0.15, 0.2) is 0 Å². The number of rotatable bonds is 6. The van der Waals surface area contributed by atoms with Crippen molar-refractivity contribution in [2.75, 3.05) is 43.4 Å². The molecule has 0 atom stereocenters. The Hall–Kier alpha value is -2.93. The first-order valence-corrected chi connectivity index (χ1v) is 10.1. The van der Waals surface area contributed by atoms with Gasteiger partial charge in [0.2, 0.25) is 11.8 Å². The molecular weight excluding hydrogens is 366 g/mol. The molecule has 2 aromatic rings. The van der Waals surface area contributed by atoms with E-state index in [4.69, 9.17) is 0 Å². The summed E-state index contributed by atoms with van der Waals surface area (Å²) >= 11 is 0. The Kier molecular flexibility index (Phi) is 5.49. The summed E-state index contributed by atoms with van der Waals surface area (Å²) in [6, 6.07) is 11.6. The lowest BCUT2D eigenvalue weighted by molar-refractivity contribution is -0.134. The van der Waals surface area contributed by atoms with Gasteiger partial charge < -0.3 is 20.4 Å². The molecule has 2 fully saturated rings. The van der Waals surface area contributed by atoms with Gasteiger partial charge in [-0.15, -0.1) is 0 Å². The number of hydrogen-bond acceptors (Lipinski definition) is 5. The lowest BCUT2D eigenvalue weighted by atomic mass is 10.0. The fourth-order valence-corrected chi connectivity index (χ4v) is 3.61. The number of nitrogens with one attached hydrogen (secondary N) is 2. The maximum absolute atomic E-state index is 12.8. The molecule has 1 saturated carbocycles. The fourth-order valence-electron chi connectivity index (χ4n) is 3.61. The van der Waals surface area contributed by atoms with E-state index >= 15 is 0 Å². The van der Waals surface area contributed by atoms with Crippen LogP contribution in [0.15, 0.2) is 48.8 Å². The maximum atomic E-state index is 12.8. The molecule has 29 heavy (non-hydrogen) atoms. The van der Waals surface area contributed by atoms with Gasteiger partial charge in [-0.25, -0.2) is 0 Å². The van der Waals surface area contributed by atoms with E-state index in [0.717, 1.165) is 43.1 Å². The molecule has 4 rings (SSSR count). The van der Waals surface area contributed by atoms with Gasteiger partial charge in [-0.05, 0) is 55.8 Å². The number of likely N-dealkylation sites (N-methyl/N-ethyl adjacent to an activating group) is 1. The molecule has 2 N–H and O–H groups in total. The lowest BCUT2D eigenvalue weighted by Gasteiger charge is -2.34. The molecule has 0 unspecified atom stereocenters. The Labute approximate surface area is 171 Å². The van der Waals surface area contributed by atoms with Gasteiger partial charge in [0.1, 0.15) is 5.41 Å². The van der Waals surface area contributed by atoms with Crippen molar-refractivity contribution in [1.82, 2.24) is 15.2 Å². The highest BCUT2D eigenvalue weighted by molar-refractivity contribution is 6.13.